The van der Waals surface area contributed by atoms with Crippen LogP contribution in [0.1, 0.15) is 33.3 Å². The van der Waals surface area contributed by atoms with Crippen molar-refractivity contribution in [3.63, 3.8) is 0 Å². The molecule has 138 valence electrons. The smallest absolute Gasteiger partial charge is 0.262 e. The molecule has 0 aliphatic rings. The maximum Gasteiger partial charge on any atom is 0.262 e. The second kappa shape index (κ2) is 8.04. The summed E-state index contributed by atoms with van der Waals surface area (Å²) in [6.45, 7) is 7.88. The van der Waals surface area contributed by atoms with Gasteiger partial charge in [-0.2, -0.15) is 0 Å². The lowest BCUT2D eigenvalue weighted by Gasteiger charge is -2.19. The predicted molar refractivity (Wildman–Crippen MR) is 105 cm³/mol. The van der Waals surface area contributed by atoms with E-state index in [4.69, 9.17) is 4.74 Å². The number of amides is 2. The van der Waals surface area contributed by atoms with Gasteiger partial charge in [0.1, 0.15) is 5.75 Å². The molecule has 1 N–H and O–H groups in total. The summed E-state index contributed by atoms with van der Waals surface area (Å²) in [4.78, 5) is 24.9. The van der Waals surface area contributed by atoms with Crippen LogP contribution >= 0.6 is 0 Å². The van der Waals surface area contributed by atoms with E-state index in [1.807, 2.05) is 24.3 Å². The van der Waals surface area contributed by atoms with Crippen LogP contribution < -0.4 is 15.0 Å². The average molecular weight is 354 g/mol. The number of carbonyl (C=O) groups excluding carboxylic acids is 2. The number of ether oxygens (including phenoxy) is 1. The molecule has 0 radical (unpaired) electrons. The molecule has 2 amide bonds. The van der Waals surface area contributed by atoms with E-state index in [2.05, 4.69) is 26.1 Å². The fourth-order valence-corrected chi connectivity index (χ4v) is 2.35. The first kappa shape index (κ1) is 19.5. The molecule has 2 aromatic rings. The first-order valence-electron chi connectivity index (χ1n) is 8.54. The molecule has 0 saturated carbocycles. The summed E-state index contributed by atoms with van der Waals surface area (Å²) in [5.74, 6) is 0.372. The minimum atomic E-state index is -0.238. The Balaban J connectivity index is 1.88. The minimum absolute atomic E-state index is 0.0485. The van der Waals surface area contributed by atoms with Crippen LogP contribution in [-0.4, -0.2) is 25.5 Å². The van der Waals surface area contributed by atoms with E-state index in [0.29, 0.717) is 11.4 Å². The highest BCUT2D eigenvalue weighted by atomic mass is 16.5. The molecule has 0 aliphatic heterocycles. The van der Waals surface area contributed by atoms with Crippen LogP contribution in [0.2, 0.25) is 0 Å². The summed E-state index contributed by atoms with van der Waals surface area (Å²) in [5.41, 5.74) is 2.72. The van der Waals surface area contributed by atoms with E-state index >= 15 is 0 Å². The third kappa shape index (κ3) is 5.34. The molecule has 0 atom stereocenters. The van der Waals surface area contributed by atoms with E-state index in [9.17, 15) is 9.59 Å². The molecule has 0 saturated heterocycles. The number of carbonyl (C=O) groups is 2. The first-order valence-corrected chi connectivity index (χ1v) is 8.54. The topological polar surface area (TPSA) is 58.6 Å². The van der Waals surface area contributed by atoms with Gasteiger partial charge in [0.25, 0.3) is 5.91 Å². The number of hydrogen-bond donors (Lipinski definition) is 1. The zero-order chi connectivity index (χ0) is 19.3. The van der Waals surface area contributed by atoms with Crippen molar-refractivity contribution in [3.8, 4) is 5.75 Å². The molecule has 5 heteroatoms. The molecule has 2 aromatic carbocycles. The van der Waals surface area contributed by atoms with Gasteiger partial charge >= 0.3 is 0 Å². The van der Waals surface area contributed by atoms with Crippen LogP contribution in [0.5, 0.6) is 5.75 Å². The van der Waals surface area contributed by atoms with Gasteiger partial charge in [0.05, 0.1) is 0 Å². The lowest BCUT2D eigenvalue weighted by atomic mass is 9.87. The standard InChI is InChI=1S/C21H26N2O3/c1-15(24)23(5)18-10-8-17(9-11-18)22-20(25)14-26-19-12-6-16(7-13-19)21(2,3)4/h6-13H,14H2,1-5H3,(H,22,25). The maximum atomic E-state index is 12.0. The Labute approximate surface area is 155 Å². The van der Waals surface area contributed by atoms with Crippen molar-refractivity contribution in [2.75, 3.05) is 23.9 Å². The van der Waals surface area contributed by atoms with Gasteiger partial charge in [0.15, 0.2) is 6.61 Å². The Bertz CT molecular complexity index is 759. The summed E-state index contributed by atoms with van der Waals surface area (Å²) in [5, 5.41) is 2.78. The van der Waals surface area contributed by atoms with Gasteiger partial charge in [-0.1, -0.05) is 32.9 Å². The summed E-state index contributed by atoms with van der Waals surface area (Å²) < 4.78 is 5.54. The van der Waals surface area contributed by atoms with Crippen molar-refractivity contribution in [2.24, 2.45) is 0 Å². The third-order valence-electron chi connectivity index (χ3n) is 4.10. The molecule has 5 nitrogen and oxygen atoms in total. The second-order valence-electron chi connectivity index (χ2n) is 7.24. The lowest BCUT2D eigenvalue weighted by molar-refractivity contribution is -0.118. The van der Waals surface area contributed by atoms with Crippen molar-refractivity contribution < 1.29 is 14.3 Å². The van der Waals surface area contributed by atoms with Crippen LogP contribution in [-0.2, 0) is 15.0 Å². The van der Waals surface area contributed by atoms with Crippen molar-refractivity contribution in [2.45, 2.75) is 33.1 Å². The molecule has 0 bridgehead atoms. The van der Waals surface area contributed by atoms with Crippen LogP contribution in [0.3, 0.4) is 0 Å². The van der Waals surface area contributed by atoms with E-state index in [0.717, 1.165) is 5.69 Å². The predicted octanol–water partition coefficient (Wildman–Crippen LogP) is 3.98. The van der Waals surface area contributed by atoms with Crippen LogP contribution in [0.25, 0.3) is 0 Å². The molecule has 26 heavy (non-hydrogen) atoms. The Morgan fingerprint density at radius 2 is 1.58 bits per heavy atom. The second-order valence-corrected chi connectivity index (χ2v) is 7.24. The van der Waals surface area contributed by atoms with Gasteiger partial charge in [-0.05, 0) is 47.4 Å². The Hall–Kier alpha value is -2.82. The molecule has 0 spiro atoms. The molecule has 2 rings (SSSR count). The summed E-state index contributed by atoms with van der Waals surface area (Å²) in [6.07, 6.45) is 0. The van der Waals surface area contributed by atoms with E-state index in [1.165, 1.54) is 17.4 Å². The van der Waals surface area contributed by atoms with Crippen LogP contribution in [0.4, 0.5) is 11.4 Å². The molecule has 0 heterocycles. The van der Waals surface area contributed by atoms with E-state index in [-0.39, 0.29) is 23.8 Å². The quantitative estimate of drug-likeness (QED) is 0.883. The van der Waals surface area contributed by atoms with Gasteiger partial charge in [-0.3, -0.25) is 9.59 Å². The number of nitrogens with zero attached hydrogens (tertiary/aromatic N) is 1. The van der Waals surface area contributed by atoms with Crippen LogP contribution in [0, 0.1) is 0 Å². The first-order chi connectivity index (χ1) is 12.2. The maximum absolute atomic E-state index is 12.0. The SMILES string of the molecule is CC(=O)N(C)c1ccc(NC(=O)COc2ccc(C(C)(C)C)cc2)cc1. The summed E-state index contributed by atoms with van der Waals surface area (Å²) >= 11 is 0. The van der Waals surface area contributed by atoms with Crippen molar-refractivity contribution in [1.82, 2.24) is 0 Å². The van der Waals surface area contributed by atoms with E-state index in [1.54, 1.807) is 31.3 Å². The van der Waals surface area contributed by atoms with Gasteiger partial charge in [0.2, 0.25) is 5.91 Å². The monoisotopic (exact) mass is 354 g/mol. The molecule has 0 aromatic heterocycles. The zero-order valence-corrected chi connectivity index (χ0v) is 16.0. The number of anilines is 2. The van der Waals surface area contributed by atoms with Crippen LogP contribution in [0.15, 0.2) is 48.5 Å². The number of rotatable bonds is 5. The van der Waals surface area contributed by atoms with Gasteiger partial charge in [0, 0.05) is 25.3 Å². The average Bonchev–Trinajstić information content (AvgIpc) is 2.59. The fourth-order valence-electron chi connectivity index (χ4n) is 2.35. The molecular weight excluding hydrogens is 328 g/mol. The Morgan fingerprint density at radius 3 is 2.08 bits per heavy atom. The Morgan fingerprint density at radius 1 is 1.00 bits per heavy atom. The van der Waals surface area contributed by atoms with Crippen molar-refractivity contribution in [3.05, 3.63) is 54.1 Å². The fraction of sp³-hybridized carbons (Fsp3) is 0.333. The molecule has 0 unspecified atom stereocenters. The van der Waals surface area contributed by atoms with Gasteiger partial charge < -0.3 is 15.0 Å². The highest BCUT2D eigenvalue weighted by Crippen LogP contribution is 2.24. The normalized spacial score (nSPS) is 11.0. The number of nitrogens with one attached hydrogen (secondary N) is 1. The number of hydrogen-bond acceptors (Lipinski definition) is 3. The number of benzene rings is 2. The minimum Gasteiger partial charge on any atom is -0.484 e. The largest absolute Gasteiger partial charge is 0.484 e. The van der Waals surface area contributed by atoms with Crippen molar-refractivity contribution >= 4 is 23.2 Å². The summed E-state index contributed by atoms with van der Waals surface area (Å²) in [6, 6.07) is 14.8. The summed E-state index contributed by atoms with van der Waals surface area (Å²) in [7, 11) is 1.70. The van der Waals surface area contributed by atoms with Crippen molar-refractivity contribution in [1.29, 1.82) is 0 Å². The third-order valence-corrected chi connectivity index (χ3v) is 4.10. The highest BCUT2D eigenvalue weighted by Gasteiger charge is 2.13. The molecule has 0 aliphatic carbocycles. The molecule has 0 fully saturated rings. The van der Waals surface area contributed by atoms with Gasteiger partial charge in [-0.15, -0.1) is 0 Å². The molecular formula is C21H26N2O3. The lowest BCUT2D eigenvalue weighted by Crippen LogP contribution is -2.23. The highest BCUT2D eigenvalue weighted by molar-refractivity contribution is 5.93. The van der Waals surface area contributed by atoms with E-state index < -0.39 is 0 Å². The zero-order valence-electron chi connectivity index (χ0n) is 16.0. The Kier molecular flexibility index (Phi) is 6.03. The van der Waals surface area contributed by atoms with Gasteiger partial charge in [-0.25, -0.2) is 0 Å².